The van der Waals surface area contributed by atoms with Crippen molar-refractivity contribution in [1.82, 2.24) is 4.90 Å². The van der Waals surface area contributed by atoms with Crippen LogP contribution in [0.15, 0.2) is 78.4 Å². The minimum atomic E-state index is -0.178. The van der Waals surface area contributed by atoms with Gasteiger partial charge in [0.15, 0.2) is 0 Å². The molecular formula is C30H35F2N3. The Morgan fingerprint density at radius 3 is 1.97 bits per heavy atom. The van der Waals surface area contributed by atoms with Crippen LogP contribution in [0.25, 0.3) is 5.57 Å². The van der Waals surface area contributed by atoms with Gasteiger partial charge in [-0.1, -0.05) is 42.0 Å². The maximum atomic E-state index is 13.1. The number of terminal acetylenes is 1. The highest BCUT2D eigenvalue weighted by atomic mass is 19.1. The topological polar surface area (TPSA) is 55.3 Å². The molecule has 0 radical (unpaired) electrons. The lowest BCUT2D eigenvalue weighted by Gasteiger charge is -2.29. The number of benzene rings is 3. The summed E-state index contributed by atoms with van der Waals surface area (Å²) in [4.78, 5) is 2.53. The molecule has 0 saturated carbocycles. The Morgan fingerprint density at radius 2 is 1.43 bits per heavy atom. The van der Waals surface area contributed by atoms with Crippen LogP contribution in [-0.4, -0.2) is 24.5 Å². The summed E-state index contributed by atoms with van der Waals surface area (Å²) < 4.78 is 25.0. The molecule has 3 nitrogen and oxygen atoms in total. The summed E-state index contributed by atoms with van der Waals surface area (Å²) in [5, 5.41) is 0. The van der Waals surface area contributed by atoms with E-state index in [0.29, 0.717) is 11.4 Å². The van der Waals surface area contributed by atoms with Crippen LogP contribution >= 0.6 is 0 Å². The Bertz CT molecular complexity index is 1080. The van der Waals surface area contributed by atoms with Gasteiger partial charge >= 0.3 is 0 Å². The minimum Gasteiger partial charge on any atom is -0.397 e. The number of piperidine rings is 1. The molecule has 0 amide bonds. The van der Waals surface area contributed by atoms with Crippen LogP contribution < -0.4 is 11.5 Å². The average molecular weight is 476 g/mol. The fourth-order valence-corrected chi connectivity index (χ4v) is 4.03. The van der Waals surface area contributed by atoms with Crippen molar-refractivity contribution >= 4 is 16.9 Å². The first-order valence-corrected chi connectivity index (χ1v) is 11.8. The quantitative estimate of drug-likeness (QED) is 0.324. The van der Waals surface area contributed by atoms with Crippen LogP contribution in [0.4, 0.5) is 20.2 Å². The van der Waals surface area contributed by atoms with Gasteiger partial charge in [0.25, 0.3) is 0 Å². The maximum Gasteiger partial charge on any atom is 0.123 e. The first-order chi connectivity index (χ1) is 16.9. The second-order valence-corrected chi connectivity index (χ2v) is 8.44. The van der Waals surface area contributed by atoms with Crippen LogP contribution in [-0.2, 0) is 6.42 Å². The number of anilines is 2. The molecule has 0 unspecified atom stereocenters. The minimum absolute atomic E-state index is 0.177. The number of nitrogens with two attached hydrogens (primary N) is 2. The van der Waals surface area contributed by atoms with Gasteiger partial charge in [-0.2, -0.15) is 0 Å². The van der Waals surface area contributed by atoms with Crippen molar-refractivity contribution in [3.8, 4) is 12.8 Å². The van der Waals surface area contributed by atoms with E-state index in [1.54, 1.807) is 30.3 Å². The second kappa shape index (κ2) is 14.6. The Balaban J connectivity index is 0.000000407. The van der Waals surface area contributed by atoms with Gasteiger partial charge in [0.1, 0.15) is 11.6 Å². The van der Waals surface area contributed by atoms with Crippen molar-refractivity contribution in [1.29, 1.82) is 0 Å². The molecule has 0 atom stereocenters. The van der Waals surface area contributed by atoms with Crippen LogP contribution in [0.5, 0.6) is 0 Å². The Hall–Kier alpha value is -3.62. The zero-order chi connectivity index (χ0) is 25.6. The fraction of sp³-hybridized carbons (Fsp3) is 0.267. The molecule has 0 aromatic heterocycles. The van der Waals surface area contributed by atoms with E-state index in [9.17, 15) is 8.78 Å². The average Bonchev–Trinajstić information content (AvgIpc) is 2.89. The second-order valence-electron chi connectivity index (χ2n) is 8.44. The molecule has 4 rings (SSSR count). The van der Waals surface area contributed by atoms with Crippen LogP contribution in [0, 0.1) is 24.5 Å². The zero-order valence-electron chi connectivity index (χ0n) is 20.4. The van der Waals surface area contributed by atoms with Crippen molar-refractivity contribution in [2.45, 2.75) is 32.6 Å². The van der Waals surface area contributed by atoms with Gasteiger partial charge in [-0.25, -0.2) is 8.78 Å². The smallest absolute Gasteiger partial charge is 0.123 e. The van der Waals surface area contributed by atoms with Gasteiger partial charge in [0, 0.05) is 13.1 Å². The molecule has 3 aromatic carbocycles. The number of likely N-dealkylation sites (tertiary alicyclic amines) is 1. The van der Waals surface area contributed by atoms with Gasteiger partial charge in [-0.3, -0.25) is 0 Å². The molecule has 1 fully saturated rings. The van der Waals surface area contributed by atoms with Gasteiger partial charge in [0.05, 0.1) is 11.4 Å². The largest absolute Gasteiger partial charge is 0.397 e. The highest BCUT2D eigenvalue weighted by molar-refractivity contribution is 5.67. The van der Waals surface area contributed by atoms with Crippen molar-refractivity contribution in [2.75, 3.05) is 31.1 Å². The summed E-state index contributed by atoms with van der Waals surface area (Å²) in [5.74, 6) is -0.355. The van der Waals surface area contributed by atoms with Crippen LogP contribution in [0.2, 0.25) is 0 Å². The predicted octanol–water partition coefficient (Wildman–Crippen LogP) is 6.57. The number of hydrogen-bond acceptors (Lipinski definition) is 3. The molecule has 1 aliphatic rings. The van der Waals surface area contributed by atoms with Crippen LogP contribution in [0.1, 0.15) is 37.3 Å². The normalized spacial score (nSPS) is 13.1. The maximum absolute atomic E-state index is 13.1. The molecule has 3 aromatic rings. The number of hydrogen-bond donors (Lipinski definition) is 2. The van der Waals surface area contributed by atoms with E-state index in [1.165, 1.54) is 28.8 Å². The number of nitrogens with zero attached hydrogens (tertiary/aromatic N) is 1. The summed E-state index contributed by atoms with van der Waals surface area (Å²) in [6.45, 7) is 5.45. The Morgan fingerprint density at radius 1 is 0.829 bits per heavy atom. The number of nitrogen functional groups attached to an aromatic ring is 2. The van der Waals surface area contributed by atoms with E-state index in [0.717, 1.165) is 50.9 Å². The number of halogens is 2. The summed E-state index contributed by atoms with van der Waals surface area (Å²) in [6, 6.07) is 20.7. The standard InChI is InChI=1S/C22H28FN3.C6H5F.C2H2/c1-16(18-5-7-20(23)8-6-18)19-10-13-26(14-11-19)12-2-3-17-4-9-21(24)22(25)15-17;7-6-4-2-1-3-5-6;1-2/h4-9,15H,2-3,10-14,24-25H2,1H3;1-5H;1-2H. The highest BCUT2D eigenvalue weighted by Gasteiger charge is 2.16. The summed E-state index contributed by atoms with van der Waals surface area (Å²) in [5.41, 5.74) is 18.2. The molecule has 1 heterocycles. The number of rotatable bonds is 5. The van der Waals surface area contributed by atoms with Gasteiger partial charge in [-0.05, 0) is 92.2 Å². The number of allylic oxidation sites excluding steroid dienone is 1. The molecule has 1 aliphatic heterocycles. The van der Waals surface area contributed by atoms with Crippen molar-refractivity contribution < 1.29 is 8.78 Å². The number of aryl methyl sites for hydroxylation is 1. The van der Waals surface area contributed by atoms with E-state index >= 15 is 0 Å². The molecule has 0 bridgehead atoms. The van der Waals surface area contributed by atoms with E-state index in [4.69, 9.17) is 11.5 Å². The highest BCUT2D eigenvalue weighted by Crippen LogP contribution is 2.27. The summed E-state index contributed by atoms with van der Waals surface area (Å²) in [6.07, 6.45) is 12.3. The monoisotopic (exact) mass is 475 g/mol. The summed E-state index contributed by atoms with van der Waals surface area (Å²) in [7, 11) is 0. The summed E-state index contributed by atoms with van der Waals surface area (Å²) >= 11 is 0. The lowest BCUT2D eigenvalue weighted by Crippen LogP contribution is -2.32. The van der Waals surface area contributed by atoms with Crippen LogP contribution in [0.3, 0.4) is 0 Å². The predicted molar refractivity (Wildman–Crippen MR) is 145 cm³/mol. The van der Waals surface area contributed by atoms with Gasteiger partial charge < -0.3 is 16.4 Å². The van der Waals surface area contributed by atoms with E-state index in [2.05, 4.69) is 30.7 Å². The SMILES string of the molecule is C#C.CC(=C1CCN(CCCc2ccc(N)c(N)c2)CC1)c1ccc(F)cc1.Fc1ccccc1. The van der Waals surface area contributed by atoms with E-state index < -0.39 is 0 Å². The Kier molecular flexibility index (Phi) is 11.5. The third-order valence-corrected chi connectivity index (χ3v) is 6.09. The van der Waals surface area contributed by atoms with Crippen molar-refractivity contribution in [3.05, 3.63) is 101 Å². The molecule has 35 heavy (non-hydrogen) atoms. The Labute approximate surface area is 208 Å². The van der Waals surface area contributed by atoms with Crippen molar-refractivity contribution in [2.24, 2.45) is 0 Å². The van der Waals surface area contributed by atoms with Crippen molar-refractivity contribution in [3.63, 3.8) is 0 Å². The fourth-order valence-electron chi connectivity index (χ4n) is 4.03. The first kappa shape index (κ1) is 27.6. The molecule has 0 aliphatic carbocycles. The molecule has 0 spiro atoms. The molecule has 184 valence electrons. The lowest BCUT2D eigenvalue weighted by atomic mass is 9.94. The van der Waals surface area contributed by atoms with E-state index in [-0.39, 0.29) is 11.6 Å². The molecule has 5 heteroatoms. The van der Waals surface area contributed by atoms with E-state index in [1.807, 2.05) is 24.3 Å². The first-order valence-electron chi connectivity index (χ1n) is 11.8. The third-order valence-electron chi connectivity index (χ3n) is 6.09. The molecule has 1 saturated heterocycles. The van der Waals surface area contributed by atoms with Gasteiger partial charge in [0.2, 0.25) is 0 Å². The van der Waals surface area contributed by atoms with Gasteiger partial charge in [-0.15, -0.1) is 12.8 Å². The zero-order valence-corrected chi connectivity index (χ0v) is 20.4. The molecular weight excluding hydrogens is 440 g/mol. The third kappa shape index (κ3) is 9.27. The lowest BCUT2D eigenvalue weighted by molar-refractivity contribution is 0.254. The molecule has 4 N–H and O–H groups in total.